The molecule has 0 fully saturated rings. The van der Waals surface area contributed by atoms with Crippen LogP contribution in [0.15, 0.2) is 0 Å². The van der Waals surface area contributed by atoms with Crippen LogP contribution in [0.25, 0.3) is 0 Å². The van der Waals surface area contributed by atoms with Crippen LogP contribution in [0, 0.1) is 0 Å². The van der Waals surface area contributed by atoms with Gasteiger partial charge in [0.1, 0.15) is 11.1 Å². The Morgan fingerprint density at radius 1 is 0.882 bits per heavy atom. The summed E-state index contributed by atoms with van der Waals surface area (Å²) in [4.78, 5) is 0. The fourth-order valence-electron chi connectivity index (χ4n) is 1.59. The van der Waals surface area contributed by atoms with Crippen LogP contribution in [0.3, 0.4) is 0 Å². The Bertz CT molecular complexity index is 250. The molecular formula is C12H26O3S2. The summed E-state index contributed by atoms with van der Waals surface area (Å²) in [6.45, 7) is 2.77. The molecule has 0 spiro atoms. The third kappa shape index (κ3) is 16.3. The Hall–Kier alpha value is 0.260. The molecule has 0 bridgehead atoms. The van der Waals surface area contributed by atoms with Crippen molar-refractivity contribution in [3.8, 4) is 0 Å². The van der Waals surface area contributed by atoms with E-state index in [1.165, 1.54) is 44.9 Å². The van der Waals surface area contributed by atoms with Crippen LogP contribution in [-0.4, -0.2) is 21.3 Å². The maximum absolute atomic E-state index is 10.7. The number of unbranched alkanes of at least 4 members (excludes halogenated alkanes) is 8. The first-order valence-electron chi connectivity index (χ1n) is 6.57. The Kier molecular flexibility index (Phi) is 11.5. The normalized spacial score (nSPS) is 11.9. The standard InChI is InChI=1S/C12H26O3S2/c1-3-4-5-6-7-8-9-10-11-12-15-16-17(2,13)14/h3-12H2,1-2H3. The second-order valence-electron chi connectivity index (χ2n) is 4.42. The molecule has 0 aliphatic carbocycles. The molecular weight excluding hydrogens is 256 g/mol. The van der Waals surface area contributed by atoms with Crippen LogP contribution in [0.1, 0.15) is 64.7 Å². The smallest absolute Gasteiger partial charge is 0.224 e. The monoisotopic (exact) mass is 282 g/mol. The lowest BCUT2D eigenvalue weighted by molar-refractivity contribution is 0.358. The van der Waals surface area contributed by atoms with E-state index in [-0.39, 0.29) is 0 Å². The van der Waals surface area contributed by atoms with Gasteiger partial charge in [0.25, 0.3) is 0 Å². The number of hydrogen-bond acceptors (Lipinski definition) is 4. The minimum absolute atomic E-state index is 0.535. The zero-order valence-corrected chi connectivity index (χ0v) is 12.7. The fraction of sp³-hybridized carbons (Fsp3) is 1.00. The van der Waals surface area contributed by atoms with Gasteiger partial charge in [-0.15, -0.1) is 0 Å². The van der Waals surface area contributed by atoms with Gasteiger partial charge in [-0.3, -0.25) is 0 Å². The third-order valence-corrected chi connectivity index (χ3v) is 4.04. The summed E-state index contributed by atoms with van der Waals surface area (Å²) in [6.07, 6.45) is 12.5. The van der Waals surface area contributed by atoms with Crippen molar-refractivity contribution in [1.82, 2.24) is 0 Å². The molecule has 0 heterocycles. The minimum atomic E-state index is -3.04. The van der Waals surface area contributed by atoms with Gasteiger partial charge < -0.3 is 4.18 Å². The Balaban J connectivity index is 3.04. The summed E-state index contributed by atoms with van der Waals surface area (Å²) in [7, 11) is -3.04. The largest absolute Gasteiger partial charge is 0.301 e. The Morgan fingerprint density at radius 3 is 1.82 bits per heavy atom. The first-order valence-corrected chi connectivity index (χ1v) is 9.72. The maximum Gasteiger partial charge on any atom is 0.224 e. The van der Waals surface area contributed by atoms with Crippen molar-refractivity contribution < 1.29 is 12.6 Å². The van der Waals surface area contributed by atoms with Gasteiger partial charge in [0.2, 0.25) is 8.87 Å². The summed E-state index contributed by atoms with van der Waals surface area (Å²) in [5.74, 6) is 0. The maximum atomic E-state index is 10.7. The molecule has 0 amide bonds. The van der Waals surface area contributed by atoms with E-state index in [0.29, 0.717) is 17.7 Å². The van der Waals surface area contributed by atoms with E-state index in [9.17, 15) is 8.42 Å². The predicted octanol–water partition coefficient (Wildman–Crippen LogP) is 4.14. The van der Waals surface area contributed by atoms with Crippen LogP contribution in [0.5, 0.6) is 0 Å². The van der Waals surface area contributed by atoms with E-state index in [2.05, 4.69) is 6.92 Å². The molecule has 0 aliphatic rings. The van der Waals surface area contributed by atoms with Gasteiger partial charge in [0.15, 0.2) is 0 Å². The molecule has 17 heavy (non-hydrogen) atoms. The first kappa shape index (κ1) is 17.3. The van der Waals surface area contributed by atoms with Crippen molar-refractivity contribution in [1.29, 1.82) is 0 Å². The average Bonchev–Trinajstić information content (AvgIpc) is 2.24. The van der Waals surface area contributed by atoms with E-state index < -0.39 is 8.87 Å². The lowest BCUT2D eigenvalue weighted by atomic mass is 10.1. The van der Waals surface area contributed by atoms with E-state index >= 15 is 0 Å². The summed E-state index contributed by atoms with van der Waals surface area (Å²) < 4.78 is 26.4. The first-order chi connectivity index (χ1) is 8.06. The van der Waals surface area contributed by atoms with E-state index in [1.807, 2.05) is 0 Å². The van der Waals surface area contributed by atoms with Crippen molar-refractivity contribution in [2.24, 2.45) is 0 Å². The van der Waals surface area contributed by atoms with E-state index in [4.69, 9.17) is 4.18 Å². The molecule has 0 aromatic rings. The summed E-state index contributed by atoms with van der Waals surface area (Å²) in [5, 5.41) is 0. The van der Waals surface area contributed by atoms with Crippen LogP contribution in [0.4, 0.5) is 0 Å². The molecule has 3 nitrogen and oxygen atoms in total. The van der Waals surface area contributed by atoms with Gasteiger partial charge in [-0.05, 0) is 6.42 Å². The lowest BCUT2D eigenvalue weighted by Gasteiger charge is -2.02. The molecule has 0 rings (SSSR count). The van der Waals surface area contributed by atoms with Crippen molar-refractivity contribution in [3.05, 3.63) is 0 Å². The highest BCUT2D eigenvalue weighted by molar-refractivity contribution is 8.69. The Labute approximate surface area is 110 Å². The summed E-state index contributed by atoms with van der Waals surface area (Å²) in [6, 6.07) is 0. The Morgan fingerprint density at radius 2 is 1.35 bits per heavy atom. The van der Waals surface area contributed by atoms with Gasteiger partial charge in [-0.1, -0.05) is 58.3 Å². The highest BCUT2D eigenvalue weighted by Crippen LogP contribution is 2.13. The predicted molar refractivity (Wildman–Crippen MR) is 75.6 cm³/mol. The topological polar surface area (TPSA) is 43.4 Å². The van der Waals surface area contributed by atoms with E-state index in [0.717, 1.165) is 19.1 Å². The highest BCUT2D eigenvalue weighted by atomic mass is 33.1. The van der Waals surface area contributed by atoms with Gasteiger partial charge in [0, 0.05) is 0 Å². The molecule has 0 N–H and O–H groups in total. The van der Waals surface area contributed by atoms with Crippen molar-refractivity contribution in [2.75, 3.05) is 12.9 Å². The molecule has 0 atom stereocenters. The van der Waals surface area contributed by atoms with Crippen molar-refractivity contribution >= 4 is 19.9 Å². The van der Waals surface area contributed by atoms with Crippen LogP contribution in [0.2, 0.25) is 0 Å². The zero-order valence-electron chi connectivity index (χ0n) is 11.1. The van der Waals surface area contributed by atoms with Crippen molar-refractivity contribution in [2.45, 2.75) is 64.7 Å². The fourth-order valence-corrected chi connectivity index (χ4v) is 2.68. The zero-order chi connectivity index (χ0) is 13.0. The molecule has 0 aromatic heterocycles. The minimum Gasteiger partial charge on any atom is -0.301 e. The number of hydrogen-bond donors (Lipinski definition) is 0. The molecule has 0 aromatic carbocycles. The molecule has 104 valence electrons. The molecule has 0 saturated heterocycles. The second-order valence-corrected chi connectivity index (χ2v) is 8.43. The second kappa shape index (κ2) is 11.4. The SMILES string of the molecule is CCCCCCCCCCCOSS(C)(=O)=O. The van der Waals surface area contributed by atoms with Crippen LogP contribution in [-0.2, 0) is 13.1 Å². The lowest BCUT2D eigenvalue weighted by Crippen LogP contribution is -1.93. The third-order valence-electron chi connectivity index (χ3n) is 2.50. The summed E-state index contributed by atoms with van der Waals surface area (Å²) in [5.41, 5.74) is 0. The molecule has 5 heteroatoms. The highest BCUT2D eigenvalue weighted by Gasteiger charge is 2.02. The van der Waals surface area contributed by atoms with Crippen LogP contribution < -0.4 is 0 Å². The van der Waals surface area contributed by atoms with Gasteiger partial charge in [-0.2, -0.15) is 0 Å². The molecule has 0 saturated carbocycles. The molecule has 0 radical (unpaired) electrons. The van der Waals surface area contributed by atoms with Gasteiger partial charge in [0.05, 0.1) is 12.9 Å². The van der Waals surface area contributed by atoms with Gasteiger partial charge >= 0.3 is 0 Å². The van der Waals surface area contributed by atoms with Gasteiger partial charge in [-0.25, -0.2) is 8.42 Å². The van der Waals surface area contributed by atoms with E-state index in [1.54, 1.807) is 0 Å². The molecule has 0 aliphatic heterocycles. The summed E-state index contributed by atoms with van der Waals surface area (Å²) >= 11 is 0.583. The molecule has 0 unspecified atom stereocenters. The average molecular weight is 282 g/mol. The van der Waals surface area contributed by atoms with Crippen LogP contribution >= 0.6 is 11.1 Å². The number of rotatable bonds is 12. The van der Waals surface area contributed by atoms with Crippen molar-refractivity contribution in [3.63, 3.8) is 0 Å². The quantitative estimate of drug-likeness (QED) is 0.306.